The largest absolute Gasteiger partial charge is 0.351 e. The molecule has 1 aromatic rings. The van der Waals surface area contributed by atoms with Gasteiger partial charge >= 0.3 is 0 Å². The molecule has 2 rings (SSSR count). The highest BCUT2D eigenvalue weighted by Gasteiger charge is 2.27. The van der Waals surface area contributed by atoms with Gasteiger partial charge in [0.25, 0.3) is 10.2 Å². The van der Waals surface area contributed by atoms with Gasteiger partial charge in [-0.15, -0.1) is 11.6 Å². The molecule has 0 atom stereocenters. The van der Waals surface area contributed by atoms with Crippen molar-refractivity contribution in [2.24, 2.45) is 0 Å². The number of hydrogen-bond donors (Lipinski definition) is 2. The van der Waals surface area contributed by atoms with Crippen LogP contribution in [0.4, 0.5) is 5.95 Å². The monoisotopic (exact) mass is 353 g/mol. The number of anilines is 1. The molecule has 21 heavy (non-hydrogen) atoms. The summed E-state index contributed by atoms with van der Waals surface area (Å²) in [5.41, 5.74) is 0. The van der Waals surface area contributed by atoms with Crippen LogP contribution in [-0.4, -0.2) is 54.2 Å². The Labute approximate surface area is 134 Å². The third-order valence-corrected chi connectivity index (χ3v) is 5.12. The summed E-state index contributed by atoms with van der Waals surface area (Å²) >= 11 is 11.2. The lowest BCUT2D eigenvalue weighted by Gasteiger charge is -2.31. The van der Waals surface area contributed by atoms with Crippen LogP contribution in [-0.2, 0) is 10.2 Å². The number of halogens is 2. The minimum Gasteiger partial charge on any atom is -0.351 e. The molecule has 2 heterocycles. The standard InChI is InChI=1S/C11H17Cl2N5O2S/c12-3-4-16-21(19,20)18-5-1-10(2-6-18)17-11-14-7-9(13)8-15-11/h7-8,10,16H,1-6H2,(H,14,15,17). The Hall–Kier alpha value is -0.670. The molecule has 1 aromatic heterocycles. The van der Waals surface area contributed by atoms with Crippen molar-refractivity contribution in [3.05, 3.63) is 17.4 Å². The zero-order valence-electron chi connectivity index (χ0n) is 11.3. The maximum atomic E-state index is 11.9. The Morgan fingerprint density at radius 2 is 1.90 bits per heavy atom. The van der Waals surface area contributed by atoms with Gasteiger partial charge in [0.2, 0.25) is 5.95 Å². The fourth-order valence-corrected chi connectivity index (χ4v) is 3.61. The van der Waals surface area contributed by atoms with Crippen molar-refractivity contribution in [1.29, 1.82) is 0 Å². The Bertz CT molecular complexity index is 546. The van der Waals surface area contributed by atoms with Gasteiger partial charge in [-0.3, -0.25) is 0 Å². The molecule has 0 unspecified atom stereocenters. The number of aromatic nitrogens is 2. The molecule has 0 bridgehead atoms. The molecule has 10 heteroatoms. The van der Waals surface area contributed by atoms with Crippen LogP contribution in [0, 0.1) is 0 Å². The fourth-order valence-electron chi connectivity index (χ4n) is 2.07. The van der Waals surface area contributed by atoms with Crippen LogP contribution in [0.5, 0.6) is 0 Å². The minimum absolute atomic E-state index is 0.144. The number of nitrogens with one attached hydrogen (secondary N) is 2. The normalized spacial score (nSPS) is 17.8. The number of hydrogen-bond acceptors (Lipinski definition) is 5. The Morgan fingerprint density at radius 1 is 1.29 bits per heavy atom. The first-order valence-corrected chi connectivity index (χ1v) is 8.91. The van der Waals surface area contributed by atoms with E-state index in [0.29, 0.717) is 36.9 Å². The zero-order valence-corrected chi connectivity index (χ0v) is 13.6. The van der Waals surface area contributed by atoms with E-state index in [-0.39, 0.29) is 18.5 Å². The second-order valence-corrected chi connectivity index (χ2v) is 7.20. The smallest absolute Gasteiger partial charge is 0.279 e. The summed E-state index contributed by atoms with van der Waals surface area (Å²) in [5, 5.41) is 3.66. The Morgan fingerprint density at radius 3 is 2.48 bits per heavy atom. The zero-order chi connectivity index (χ0) is 15.3. The molecule has 118 valence electrons. The first kappa shape index (κ1) is 16.7. The van der Waals surface area contributed by atoms with E-state index in [4.69, 9.17) is 23.2 Å². The van der Waals surface area contributed by atoms with Crippen LogP contribution in [0.15, 0.2) is 12.4 Å². The maximum absolute atomic E-state index is 11.9. The maximum Gasteiger partial charge on any atom is 0.279 e. The number of nitrogens with zero attached hydrogens (tertiary/aromatic N) is 3. The molecule has 1 saturated heterocycles. The van der Waals surface area contributed by atoms with E-state index in [1.807, 2.05) is 0 Å². The molecule has 1 aliphatic heterocycles. The first-order chi connectivity index (χ1) is 10.0. The fraction of sp³-hybridized carbons (Fsp3) is 0.636. The number of alkyl halides is 1. The van der Waals surface area contributed by atoms with E-state index in [1.165, 1.54) is 16.7 Å². The summed E-state index contributed by atoms with van der Waals surface area (Å²) in [7, 11) is -3.42. The molecule has 0 saturated carbocycles. The summed E-state index contributed by atoms with van der Waals surface area (Å²) in [6.07, 6.45) is 4.42. The van der Waals surface area contributed by atoms with Crippen LogP contribution >= 0.6 is 23.2 Å². The lowest BCUT2D eigenvalue weighted by Crippen LogP contribution is -2.47. The lowest BCUT2D eigenvalue weighted by atomic mass is 10.1. The average Bonchev–Trinajstić information content (AvgIpc) is 2.48. The van der Waals surface area contributed by atoms with Gasteiger partial charge in [-0.05, 0) is 12.8 Å². The molecule has 1 fully saturated rings. The van der Waals surface area contributed by atoms with E-state index in [1.54, 1.807) is 0 Å². The third kappa shape index (κ3) is 4.93. The molecule has 7 nitrogen and oxygen atoms in total. The van der Waals surface area contributed by atoms with Crippen LogP contribution < -0.4 is 10.0 Å². The quantitative estimate of drug-likeness (QED) is 0.747. The van der Waals surface area contributed by atoms with Crippen LogP contribution in [0.1, 0.15) is 12.8 Å². The van der Waals surface area contributed by atoms with Crippen molar-refractivity contribution in [2.45, 2.75) is 18.9 Å². The SMILES string of the molecule is O=S(=O)(NCCCl)N1CCC(Nc2ncc(Cl)cn2)CC1. The number of piperidine rings is 1. The van der Waals surface area contributed by atoms with Gasteiger partial charge in [-0.2, -0.15) is 12.7 Å². The van der Waals surface area contributed by atoms with Crippen molar-refractivity contribution in [2.75, 3.05) is 30.8 Å². The summed E-state index contributed by atoms with van der Waals surface area (Å²) in [6, 6.07) is 0.144. The minimum atomic E-state index is -3.42. The van der Waals surface area contributed by atoms with Gasteiger partial charge in [0.05, 0.1) is 17.4 Å². The molecule has 2 N–H and O–H groups in total. The van der Waals surface area contributed by atoms with Gasteiger partial charge in [-0.1, -0.05) is 11.6 Å². The highest BCUT2D eigenvalue weighted by molar-refractivity contribution is 7.87. The van der Waals surface area contributed by atoms with Gasteiger partial charge in [0.15, 0.2) is 0 Å². The van der Waals surface area contributed by atoms with Crippen LogP contribution in [0.3, 0.4) is 0 Å². The molecular formula is C11H17Cl2N5O2S. The van der Waals surface area contributed by atoms with Crippen LogP contribution in [0.25, 0.3) is 0 Å². The molecule has 0 radical (unpaired) electrons. The van der Waals surface area contributed by atoms with Crippen molar-refractivity contribution in [3.8, 4) is 0 Å². The summed E-state index contributed by atoms with van der Waals surface area (Å²) in [5.74, 6) is 0.756. The van der Waals surface area contributed by atoms with Crippen molar-refractivity contribution in [3.63, 3.8) is 0 Å². The molecule has 0 amide bonds. The predicted octanol–water partition coefficient (Wildman–Crippen LogP) is 1.08. The predicted molar refractivity (Wildman–Crippen MR) is 82.9 cm³/mol. The Kier molecular flexibility index (Phi) is 6.00. The summed E-state index contributed by atoms with van der Waals surface area (Å²) < 4.78 is 27.8. The van der Waals surface area contributed by atoms with E-state index >= 15 is 0 Å². The molecule has 1 aliphatic rings. The first-order valence-electron chi connectivity index (χ1n) is 6.56. The summed E-state index contributed by atoms with van der Waals surface area (Å²) in [6.45, 7) is 1.13. The van der Waals surface area contributed by atoms with E-state index in [0.717, 1.165) is 0 Å². The highest BCUT2D eigenvalue weighted by atomic mass is 35.5. The highest BCUT2D eigenvalue weighted by Crippen LogP contribution is 2.16. The van der Waals surface area contributed by atoms with Gasteiger partial charge < -0.3 is 5.32 Å². The molecular weight excluding hydrogens is 337 g/mol. The van der Waals surface area contributed by atoms with Gasteiger partial charge in [0, 0.05) is 31.6 Å². The third-order valence-electron chi connectivity index (χ3n) is 3.13. The second-order valence-electron chi connectivity index (χ2n) is 4.63. The van der Waals surface area contributed by atoms with Gasteiger partial charge in [-0.25, -0.2) is 14.7 Å². The van der Waals surface area contributed by atoms with E-state index in [9.17, 15) is 8.42 Å². The van der Waals surface area contributed by atoms with Crippen molar-refractivity contribution in [1.82, 2.24) is 19.0 Å². The van der Waals surface area contributed by atoms with E-state index in [2.05, 4.69) is 20.0 Å². The van der Waals surface area contributed by atoms with Crippen molar-refractivity contribution >= 4 is 39.4 Å². The Balaban J connectivity index is 1.84. The lowest BCUT2D eigenvalue weighted by molar-refractivity contribution is 0.325. The topological polar surface area (TPSA) is 87.2 Å². The van der Waals surface area contributed by atoms with Crippen LogP contribution in [0.2, 0.25) is 5.02 Å². The molecule has 0 aromatic carbocycles. The van der Waals surface area contributed by atoms with E-state index < -0.39 is 10.2 Å². The molecule has 0 spiro atoms. The number of rotatable bonds is 6. The van der Waals surface area contributed by atoms with Crippen molar-refractivity contribution < 1.29 is 8.42 Å². The molecule has 0 aliphatic carbocycles. The second kappa shape index (κ2) is 7.55. The van der Waals surface area contributed by atoms with Gasteiger partial charge in [0.1, 0.15) is 0 Å². The average molecular weight is 354 g/mol. The summed E-state index contributed by atoms with van der Waals surface area (Å²) in [4.78, 5) is 8.14.